The van der Waals surface area contributed by atoms with Crippen LogP contribution < -0.4 is 16.8 Å². The molecule has 0 spiro atoms. The number of carboxylic acid groups (broad SMARTS) is 1. The van der Waals surface area contributed by atoms with Crippen molar-refractivity contribution in [3.8, 4) is 0 Å². The topological polar surface area (TPSA) is 101 Å². The fourth-order valence-corrected chi connectivity index (χ4v) is 1.70. The van der Waals surface area contributed by atoms with Gasteiger partial charge in [0.1, 0.15) is 0 Å². The standard InChI is InChI=1S/C6H11N3O2S/c7-6(8,5(10)11)3-4-9-1-2-12-4/h1-2,4,9H,3,7-8H2,(H,10,11). The summed E-state index contributed by atoms with van der Waals surface area (Å²) in [6, 6.07) is 0. The van der Waals surface area contributed by atoms with E-state index in [2.05, 4.69) is 5.32 Å². The minimum absolute atomic E-state index is 0.0314. The molecule has 1 atom stereocenters. The molecule has 0 bridgehead atoms. The maximum atomic E-state index is 10.5. The van der Waals surface area contributed by atoms with Crippen molar-refractivity contribution in [3.05, 3.63) is 11.6 Å². The second-order valence-corrected chi connectivity index (χ2v) is 3.76. The molecule has 0 aromatic rings. The van der Waals surface area contributed by atoms with E-state index >= 15 is 0 Å². The van der Waals surface area contributed by atoms with Gasteiger partial charge in [-0.1, -0.05) is 0 Å². The van der Waals surface area contributed by atoms with E-state index in [-0.39, 0.29) is 11.8 Å². The Balaban J connectivity index is 2.44. The maximum Gasteiger partial charge on any atom is 0.338 e. The van der Waals surface area contributed by atoms with Gasteiger partial charge in [0.25, 0.3) is 0 Å². The van der Waals surface area contributed by atoms with E-state index < -0.39 is 11.6 Å². The average Bonchev–Trinajstić information content (AvgIpc) is 2.38. The van der Waals surface area contributed by atoms with Crippen LogP contribution in [0.4, 0.5) is 0 Å². The van der Waals surface area contributed by atoms with Gasteiger partial charge in [-0.15, -0.1) is 11.8 Å². The summed E-state index contributed by atoms with van der Waals surface area (Å²) in [6.45, 7) is 0. The number of nitrogens with two attached hydrogens (primary N) is 2. The van der Waals surface area contributed by atoms with Crippen LogP contribution in [-0.2, 0) is 4.79 Å². The first kappa shape index (κ1) is 9.37. The van der Waals surface area contributed by atoms with Gasteiger partial charge in [0.2, 0.25) is 0 Å². The Labute approximate surface area is 74.2 Å². The number of nitrogens with one attached hydrogen (secondary N) is 1. The SMILES string of the molecule is NC(N)(CC1NC=CS1)C(=O)O. The van der Waals surface area contributed by atoms with Gasteiger partial charge in [-0.2, -0.15) is 0 Å². The Kier molecular flexibility index (Phi) is 2.61. The summed E-state index contributed by atoms with van der Waals surface area (Å²) in [7, 11) is 0. The predicted molar refractivity (Wildman–Crippen MR) is 47.0 cm³/mol. The number of rotatable bonds is 3. The Bertz CT molecular complexity index is 209. The lowest BCUT2D eigenvalue weighted by Crippen LogP contribution is -2.58. The molecular weight excluding hydrogens is 178 g/mol. The molecular formula is C6H11N3O2S. The van der Waals surface area contributed by atoms with Crippen LogP contribution in [0.3, 0.4) is 0 Å². The van der Waals surface area contributed by atoms with Gasteiger partial charge >= 0.3 is 5.97 Å². The van der Waals surface area contributed by atoms with E-state index in [4.69, 9.17) is 16.6 Å². The molecule has 1 aliphatic rings. The highest BCUT2D eigenvalue weighted by Crippen LogP contribution is 2.21. The molecule has 12 heavy (non-hydrogen) atoms. The second kappa shape index (κ2) is 3.34. The average molecular weight is 189 g/mol. The Hall–Kier alpha value is -0.720. The molecule has 0 aromatic heterocycles. The lowest BCUT2D eigenvalue weighted by molar-refractivity contribution is -0.143. The minimum Gasteiger partial charge on any atom is -0.479 e. The third-order valence-electron chi connectivity index (χ3n) is 1.51. The molecule has 0 saturated heterocycles. The van der Waals surface area contributed by atoms with Crippen LogP contribution in [0.5, 0.6) is 0 Å². The van der Waals surface area contributed by atoms with Crippen molar-refractivity contribution in [3.63, 3.8) is 0 Å². The molecule has 68 valence electrons. The van der Waals surface area contributed by atoms with E-state index in [0.717, 1.165) is 0 Å². The molecule has 0 fully saturated rings. The summed E-state index contributed by atoms with van der Waals surface area (Å²) < 4.78 is 0. The molecule has 1 aliphatic heterocycles. The lowest BCUT2D eigenvalue weighted by Gasteiger charge is -2.22. The molecule has 0 aliphatic carbocycles. The quantitative estimate of drug-likeness (QED) is 0.434. The third kappa shape index (κ3) is 2.13. The molecule has 0 radical (unpaired) electrons. The van der Waals surface area contributed by atoms with Crippen molar-refractivity contribution in [2.24, 2.45) is 11.5 Å². The Morgan fingerprint density at radius 1 is 1.75 bits per heavy atom. The van der Waals surface area contributed by atoms with Crippen molar-refractivity contribution in [2.45, 2.75) is 17.5 Å². The van der Waals surface area contributed by atoms with E-state index in [1.807, 2.05) is 5.41 Å². The molecule has 1 rings (SSSR count). The van der Waals surface area contributed by atoms with Gasteiger partial charge in [0, 0.05) is 12.6 Å². The molecule has 0 amide bonds. The molecule has 6 heteroatoms. The van der Waals surface area contributed by atoms with Crippen molar-refractivity contribution in [2.75, 3.05) is 0 Å². The Morgan fingerprint density at radius 2 is 2.42 bits per heavy atom. The summed E-state index contributed by atoms with van der Waals surface area (Å²) >= 11 is 1.47. The van der Waals surface area contributed by atoms with E-state index in [1.54, 1.807) is 6.20 Å². The summed E-state index contributed by atoms with van der Waals surface area (Å²) in [5.74, 6) is -1.18. The zero-order valence-electron chi connectivity index (χ0n) is 6.36. The highest BCUT2D eigenvalue weighted by molar-refractivity contribution is 8.02. The zero-order valence-corrected chi connectivity index (χ0v) is 7.17. The van der Waals surface area contributed by atoms with E-state index in [1.165, 1.54) is 11.8 Å². The largest absolute Gasteiger partial charge is 0.479 e. The number of aliphatic carboxylic acids is 1. The van der Waals surface area contributed by atoms with Crippen molar-refractivity contribution in [1.29, 1.82) is 0 Å². The summed E-state index contributed by atoms with van der Waals surface area (Å²) in [5.41, 5.74) is 9.03. The van der Waals surface area contributed by atoms with Crippen molar-refractivity contribution >= 4 is 17.7 Å². The lowest BCUT2D eigenvalue weighted by atomic mass is 10.1. The normalized spacial score (nSPS) is 22.3. The van der Waals surface area contributed by atoms with Gasteiger partial charge < -0.3 is 21.9 Å². The summed E-state index contributed by atoms with van der Waals surface area (Å²) in [4.78, 5) is 10.5. The number of thioether (sulfide) groups is 1. The summed E-state index contributed by atoms with van der Waals surface area (Å²) in [6.07, 6.45) is 1.94. The number of carbonyl (C=O) groups is 1. The first-order chi connectivity index (χ1) is 5.52. The van der Waals surface area contributed by atoms with Crippen LogP contribution in [0.1, 0.15) is 6.42 Å². The molecule has 1 unspecified atom stereocenters. The zero-order chi connectivity index (χ0) is 9.19. The van der Waals surface area contributed by atoms with Crippen molar-refractivity contribution in [1.82, 2.24) is 5.32 Å². The van der Waals surface area contributed by atoms with Crippen LogP contribution in [0.25, 0.3) is 0 Å². The Morgan fingerprint density at radius 3 is 2.83 bits per heavy atom. The monoisotopic (exact) mass is 189 g/mol. The number of hydrogen-bond acceptors (Lipinski definition) is 5. The van der Waals surface area contributed by atoms with E-state index in [0.29, 0.717) is 0 Å². The highest BCUT2D eigenvalue weighted by atomic mass is 32.2. The first-order valence-corrected chi connectivity index (χ1v) is 4.34. The predicted octanol–water partition coefficient (Wildman–Crippen LogP) is -0.791. The van der Waals surface area contributed by atoms with Crippen LogP contribution in [0.15, 0.2) is 11.6 Å². The van der Waals surface area contributed by atoms with Crippen LogP contribution >= 0.6 is 11.8 Å². The van der Waals surface area contributed by atoms with Gasteiger partial charge in [-0.05, 0) is 5.41 Å². The minimum atomic E-state index is -1.64. The molecule has 5 nitrogen and oxygen atoms in total. The molecule has 6 N–H and O–H groups in total. The van der Waals surface area contributed by atoms with Gasteiger partial charge in [0.15, 0.2) is 5.66 Å². The van der Waals surface area contributed by atoms with E-state index in [9.17, 15) is 4.79 Å². The smallest absolute Gasteiger partial charge is 0.338 e. The first-order valence-electron chi connectivity index (χ1n) is 3.40. The molecule has 0 aromatic carbocycles. The van der Waals surface area contributed by atoms with Crippen molar-refractivity contribution < 1.29 is 9.90 Å². The number of carboxylic acids is 1. The van der Waals surface area contributed by atoms with Crippen LogP contribution in [-0.4, -0.2) is 22.1 Å². The fraction of sp³-hybridized carbons (Fsp3) is 0.500. The fourth-order valence-electron chi connectivity index (χ4n) is 0.821. The third-order valence-corrected chi connectivity index (χ3v) is 2.44. The van der Waals surface area contributed by atoms with Crippen LogP contribution in [0, 0.1) is 0 Å². The second-order valence-electron chi connectivity index (χ2n) is 2.64. The van der Waals surface area contributed by atoms with Gasteiger partial charge in [-0.3, -0.25) is 0 Å². The molecule has 1 heterocycles. The summed E-state index contributed by atoms with van der Waals surface area (Å²) in [5, 5.41) is 13.3. The number of hydrogen-bond donors (Lipinski definition) is 4. The van der Waals surface area contributed by atoms with Gasteiger partial charge in [-0.25, -0.2) is 4.79 Å². The highest BCUT2D eigenvalue weighted by Gasteiger charge is 2.32. The van der Waals surface area contributed by atoms with Crippen LogP contribution in [0.2, 0.25) is 0 Å². The van der Waals surface area contributed by atoms with Gasteiger partial charge in [0.05, 0.1) is 5.37 Å². The molecule has 0 saturated carbocycles. The maximum absolute atomic E-state index is 10.5.